The van der Waals surface area contributed by atoms with Crippen molar-refractivity contribution in [3.05, 3.63) is 16.9 Å². The van der Waals surface area contributed by atoms with Crippen LogP contribution in [0.5, 0.6) is 0 Å². The van der Waals surface area contributed by atoms with Gasteiger partial charge in [0.2, 0.25) is 0 Å². The number of hydrogen-bond acceptors (Lipinski definition) is 2. The van der Waals surface area contributed by atoms with Crippen LogP contribution < -0.4 is 5.32 Å². The van der Waals surface area contributed by atoms with Gasteiger partial charge in [-0.25, -0.2) is 0 Å². The van der Waals surface area contributed by atoms with Gasteiger partial charge in [-0.2, -0.15) is 5.10 Å². The molecule has 15 heavy (non-hydrogen) atoms. The van der Waals surface area contributed by atoms with Crippen LogP contribution in [0.2, 0.25) is 5.02 Å². The van der Waals surface area contributed by atoms with Crippen LogP contribution in [0.1, 0.15) is 44.8 Å². The number of aromatic nitrogens is 2. The Balaban J connectivity index is 2.85. The molecule has 0 saturated carbocycles. The molecule has 0 aliphatic carbocycles. The number of nitrogens with zero attached hydrogens (tertiary/aromatic N) is 2. The van der Waals surface area contributed by atoms with Gasteiger partial charge in [0, 0.05) is 12.0 Å². The predicted molar refractivity (Wildman–Crippen MR) is 64.6 cm³/mol. The topological polar surface area (TPSA) is 29.9 Å². The van der Waals surface area contributed by atoms with E-state index in [2.05, 4.69) is 31.2 Å². The Hall–Kier alpha value is -0.540. The number of hydrogen-bond donors (Lipinski definition) is 1. The Morgan fingerprint density at radius 3 is 2.67 bits per heavy atom. The van der Waals surface area contributed by atoms with E-state index >= 15 is 0 Å². The summed E-state index contributed by atoms with van der Waals surface area (Å²) < 4.78 is 2.02. The quantitative estimate of drug-likeness (QED) is 0.842. The monoisotopic (exact) mass is 229 g/mol. The third-order valence-electron chi connectivity index (χ3n) is 2.57. The molecule has 0 spiro atoms. The van der Waals surface area contributed by atoms with Gasteiger partial charge in [0.15, 0.2) is 0 Å². The van der Waals surface area contributed by atoms with Gasteiger partial charge in [-0.15, -0.1) is 0 Å². The molecule has 0 amide bonds. The largest absolute Gasteiger partial charge is 0.320 e. The lowest BCUT2D eigenvalue weighted by Gasteiger charge is -2.17. The van der Waals surface area contributed by atoms with Crippen LogP contribution in [0.15, 0.2) is 6.20 Å². The summed E-state index contributed by atoms with van der Waals surface area (Å²) in [6.45, 7) is 7.44. The molecule has 1 atom stereocenters. The molecule has 1 aromatic heterocycles. The molecule has 3 nitrogen and oxygen atoms in total. The van der Waals surface area contributed by atoms with Gasteiger partial charge in [-0.1, -0.05) is 18.5 Å². The molecule has 4 heteroatoms. The highest BCUT2D eigenvalue weighted by Crippen LogP contribution is 2.28. The standard InChI is InChI=1S/C11H20ClN3/c1-8(2)15-11(10(12)7-14-15)9(3)5-6-13-4/h7-9,13H,5-6H2,1-4H3. The van der Waals surface area contributed by atoms with Crippen molar-refractivity contribution >= 4 is 11.6 Å². The average Bonchev–Trinajstić information content (AvgIpc) is 2.56. The molecule has 0 aliphatic heterocycles. The van der Waals surface area contributed by atoms with E-state index in [1.807, 2.05) is 11.7 Å². The molecule has 1 unspecified atom stereocenters. The Morgan fingerprint density at radius 1 is 1.47 bits per heavy atom. The van der Waals surface area contributed by atoms with E-state index in [0.717, 1.165) is 23.7 Å². The second-order valence-electron chi connectivity index (χ2n) is 4.21. The Bertz CT molecular complexity index is 307. The molecule has 0 bridgehead atoms. The van der Waals surface area contributed by atoms with Crippen LogP contribution in [-0.4, -0.2) is 23.4 Å². The summed E-state index contributed by atoms with van der Waals surface area (Å²) >= 11 is 6.16. The predicted octanol–water partition coefficient (Wildman–Crippen LogP) is 2.83. The lowest BCUT2D eigenvalue weighted by molar-refractivity contribution is 0.480. The van der Waals surface area contributed by atoms with E-state index in [1.165, 1.54) is 0 Å². The van der Waals surface area contributed by atoms with E-state index in [0.29, 0.717) is 12.0 Å². The second-order valence-corrected chi connectivity index (χ2v) is 4.62. The van der Waals surface area contributed by atoms with Gasteiger partial charge in [0.25, 0.3) is 0 Å². The average molecular weight is 230 g/mol. The minimum absolute atomic E-state index is 0.365. The molecule has 1 N–H and O–H groups in total. The summed E-state index contributed by atoms with van der Waals surface area (Å²) in [6.07, 6.45) is 2.82. The summed E-state index contributed by atoms with van der Waals surface area (Å²) in [6, 6.07) is 0.365. The zero-order chi connectivity index (χ0) is 11.4. The lowest BCUT2D eigenvalue weighted by Crippen LogP contribution is -2.15. The van der Waals surface area contributed by atoms with Crippen LogP contribution in [0.3, 0.4) is 0 Å². The minimum atomic E-state index is 0.365. The first-order valence-corrected chi connectivity index (χ1v) is 5.83. The molecular formula is C11H20ClN3. The van der Waals surface area contributed by atoms with E-state index in [1.54, 1.807) is 6.20 Å². The molecule has 0 aliphatic rings. The van der Waals surface area contributed by atoms with Crippen molar-refractivity contribution in [2.24, 2.45) is 0 Å². The number of halogens is 1. The van der Waals surface area contributed by atoms with Gasteiger partial charge in [-0.3, -0.25) is 4.68 Å². The third-order valence-corrected chi connectivity index (χ3v) is 2.86. The minimum Gasteiger partial charge on any atom is -0.320 e. The SMILES string of the molecule is CNCCC(C)c1c(Cl)cnn1C(C)C. The molecule has 86 valence electrons. The molecule has 0 fully saturated rings. The summed E-state index contributed by atoms with van der Waals surface area (Å²) in [5.41, 5.74) is 1.15. The Morgan fingerprint density at radius 2 is 2.13 bits per heavy atom. The fourth-order valence-electron chi connectivity index (χ4n) is 1.72. The summed E-state index contributed by atoms with van der Waals surface area (Å²) in [7, 11) is 1.97. The van der Waals surface area contributed by atoms with Crippen LogP contribution in [0.4, 0.5) is 0 Å². The maximum absolute atomic E-state index is 6.16. The molecule has 0 aromatic carbocycles. The molecule has 1 heterocycles. The molecule has 1 aromatic rings. The van der Waals surface area contributed by atoms with Gasteiger partial charge >= 0.3 is 0 Å². The van der Waals surface area contributed by atoms with Crippen molar-refractivity contribution < 1.29 is 0 Å². The van der Waals surface area contributed by atoms with Crippen molar-refractivity contribution in [3.8, 4) is 0 Å². The van der Waals surface area contributed by atoms with E-state index in [9.17, 15) is 0 Å². The first-order valence-electron chi connectivity index (χ1n) is 5.45. The smallest absolute Gasteiger partial charge is 0.0820 e. The second kappa shape index (κ2) is 5.52. The summed E-state index contributed by atoms with van der Waals surface area (Å²) in [5, 5.41) is 8.25. The first-order chi connectivity index (χ1) is 7.07. The van der Waals surface area contributed by atoms with E-state index in [-0.39, 0.29) is 0 Å². The summed E-state index contributed by atoms with van der Waals surface area (Å²) in [5.74, 6) is 0.440. The maximum atomic E-state index is 6.16. The van der Waals surface area contributed by atoms with Crippen LogP contribution in [0, 0.1) is 0 Å². The maximum Gasteiger partial charge on any atom is 0.0820 e. The van der Waals surface area contributed by atoms with E-state index < -0.39 is 0 Å². The van der Waals surface area contributed by atoms with Gasteiger partial charge < -0.3 is 5.32 Å². The lowest BCUT2D eigenvalue weighted by atomic mass is 10.0. The fourth-order valence-corrected chi connectivity index (χ4v) is 2.04. The highest BCUT2D eigenvalue weighted by molar-refractivity contribution is 6.31. The van der Waals surface area contributed by atoms with E-state index in [4.69, 9.17) is 11.6 Å². The zero-order valence-corrected chi connectivity index (χ0v) is 10.7. The normalized spacial score (nSPS) is 13.5. The van der Waals surface area contributed by atoms with Crippen LogP contribution in [-0.2, 0) is 0 Å². The summed E-state index contributed by atoms with van der Waals surface area (Å²) in [4.78, 5) is 0. The number of nitrogens with one attached hydrogen (secondary N) is 1. The number of rotatable bonds is 5. The van der Waals surface area contributed by atoms with Crippen molar-refractivity contribution in [2.75, 3.05) is 13.6 Å². The van der Waals surface area contributed by atoms with Crippen LogP contribution >= 0.6 is 11.6 Å². The third kappa shape index (κ3) is 2.95. The molecule has 0 saturated heterocycles. The van der Waals surface area contributed by atoms with Crippen molar-refractivity contribution in [1.29, 1.82) is 0 Å². The Kier molecular flexibility index (Phi) is 4.61. The van der Waals surface area contributed by atoms with Crippen molar-refractivity contribution in [1.82, 2.24) is 15.1 Å². The fraction of sp³-hybridized carbons (Fsp3) is 0.727. The molecular weight excluding hydrogens is 210 g/mol. The Labute approximate surface area is 96.8 Å². The highest BCUT2D eigenvalue weighted by atomic mass is 35.5. The van der Waals surface area contributed by atoms with Crippen LogP contribution in [0.25, 0.3) is 0 Å². The molecule has 1 rings (SSSR count). The van der Waals surface area contributed by atoms with Gasteiger partial charge in [0.1, 0.15) is 0 Å². The van der Waals surface area contributed by atoms with Crippen molar-refractivity contribution in [2.45, 2.75) is 39.2 Å². The van der Waals surface area contributed by atoms with Gasteiger partial charge in [-0.05, 0) is 33.9 Å². The van der Waals surface area contributed by atoms with Crippen molar-refractivity contribution in [3.63, 3.8) is 0 Å². The zero-order valence-electron chi connectivity index (χ0n) is 9.92. The first kappa shape index (κ1) is 12.5. The highest BCUT2D eigenvalue weighted by Gasteiger charge is 2.17. The van der Waals surface area contributed by atoms with Gasteiger partial charge in [0.05, 0.1) is 16.9 Å². The molecule has 0 radical (unpaired) electrons.